The van der Waals surface area contributed by atoms with Crippen molar-refractivity contribution in [3.05, 3.63) is 41.6 Å². The van der Waals surface area contributed by atoms with Crippen LogP contribution in [0.1, 0.15) is 23.0 Å². The number of benzene rings is 1. The molecule has 5 heteroatoms. The zero-order valence-corrected chi connectivity index (χ0v) is 10.1. The van der Waals surface area contributed by atoms with Crippen molar-refractivity contribution in [2.75, 3.05) is 10.6 Å². The quantitative estimate of drug-likeness (QED) is 0.797. The van der Waals surface area contributed by atoms with E-state index in [9.17, 15) is 4.79 Å². The van der Waals surface area contributed by atoms with E-state index >= 15 is 0 Å². The summed E-state index contributed by atoms with van der Waals surface area (Å²) in [7, 11) is 0. The van der Waals surface area contributed by atoms with Gasteiger partial charge in [0.2, 0.25) is 0 Å². The van der Waals surface area contributed by atoms with Gasteiger partial charge in [-0.25, -0.2) is 0 Å². The third-order valence-electron chi connectivity index (χ3n) is 3.25. The van der Waals surface area contributed by atoms with Crippen molar-refractivity contribution in [2.24, 2.45) is 0 Å². The van der Waals surface area contributed by atoms with E-state index in [4.69, 9.17) is 5.73 Å². The number of amides is 1. The molecule has 0 aliphatic carbocycles. The van der Waals surface area contributed by atoms with Gasteiger partial charge in [-0.1, -0.05) is 18.2 Å². The summed E-state index contributed by atoms with van der Waals surface area (Å²) >= 11 is 0. The first-order chi connectivity index (χ1) is 8.66. The third kappa shape index (κ3) is 1.55. The Hall–Kier alpha value is -2.30. The summed E-state index contributed by atoms with van der Waals surface area (Å²) in [6, 6.07) is 9.68. The maximum atomic E-state index is 12.4. The molecular formula is C13H14N4O. The largest absolute Gasteiger partial charge is 0.382 e. The number of hydrogen-bond acceptors (Lipinski definition) is 3. The molecular weight excluding hydrogens is 228 g/mol. The van der Waals surface area contributed by atoms with Gasteiger partial charge in [-0.05, 0) is 25.0 Å². The van der Waals surface area contributed by atoms with E-state index < -0.39 is 0 Å². The number of anilines is 2. The summed E-state index contributed by atoms with van der Waals surface area (Å²) in [5.41, 5.74) is 8.13. The summed E-state index contributed by atoms with van der Waals surface area (Å²) < 4.78 is 0. The van der Waals surface area contributed by atoms with E-state index in [1.54, 1.807) is 11.0 Å². The fourth-order valence-electron chi connectivity index (χ4n) is 2.45. The number of carbonyl (C=O) groups is 1. The normalized spacial score (nSPS) is 17.8. The number of hydrogen-bond donors (Lipinski definition) is 2. The second-order valence-corrected chi connectivity index (χ2v) is 4.56. The zero-order valence-electron chi connectivity index (χ0n) is 10.1. The number of rotatable bonds is 1. The van der Waals surface area contributed by atoms with Gasteiger partial charge in [-0.15, -0.1) is 0 Å². The number of nitrogens with zero attached hydrogens (tertiary/aromatic N) is 2. The maximum absolute atomic E-state index is 12.4. The molecule has 5 nitrogen and oxygen atoms in total. The lowest BCUT2D eigenvalue weighted by atomic mass is 10.1. The van der Waals surface area contributed by atoms with Crippen molar-refractivity contribution < 1.29 is 4.79 Å². The molecule has 0 bridgehead atoms. The van der Waals surface area contributed by atoms with E-state index in [1.165, 1.54) is 5.56 Å². The fraction of sp³-hybridized carbons (Fsp3) is 0.231. The van der Waals surface area contributed by atoms with Crippen LogP contribution in [0, 0.1) is 0 Å². The summed E-state index contributed by atoms with van der Waals surface area (Å²) in [6.07, 6.45) is 0.880. The molecule has 3 N–H and O–H groups in total. The van der Waals surface area contributed by atoms with Gasteiger partial charge in [0.15, 0.2) is 0 Å². The topological polar surface area (TPSA) is 75.0 Å². The van der Waals surface area contributed by atoms with Crippen molar-refractivity contribution in [3.8, 4) is 0 Å². The first kappa shape index (κ1) is 10.8. The predicted octanol–water partition coefficient (Wildman–Crippen LogP) is 1.58. The van der Waals surface area contributed by atoms with Crippen LogP contribution in [0.15, 0.2) is 30.3 Å². The third-order valence-corrected chi connectivity index (χ3v) is 3.25. The molecule has 1 amide bonds. The fourth-order valence-corrected chi connectivity index (χ4v) is 2.45. The molecule has 1 unspecified atom stereocenters. The molecule has 2 heterocycles. The summed E-state index contributed by atoms with van der Waals surface area (Å²) in [6.45, 7) is 2.04. The number of carbonyl (C=O) groups excluding carboxylic acids is 1. The van der Waals surface area contributed by atoms with Crippen LogP contribution in [0.4, 0.5) is 11.5 Å². The number of H-pyrrole nitrogens is 1. The van der Waals surface area contributed by atoms with Gasteiger partial charge in [-0.3, -0.25) is 9.89 Å². The number of nitrogen functional groups attached to an aromatic ring is 1. The standard InChI is InChI=1S/C13H14N4O/c1-8-6-9-4-2-3-5-11(9)17(8)13(18)10-7-12(14)16-15-10/h2-5,7-8H,6H2,1H3,(H3,14,15,16). The van der Waals surface area contributed by atoms with Gasteiger partial charge in [0.05, 0.1) is 0 Å². The first-order valence-corrected chi connectivity index (χ1v) is 5.89. The van der Waals surface area contributed by atoms with Crippen LogP contribution in [-0.2, 0) is 6.42 Å². The van der Waals surface area contributed by atoms with Gasteiger partial charge in [0.1, 0.15) is 11.5 Å². The van der Waals surface area contributed by atoms with Crippen molar-refractivity contribution in [1.82, 2.24) is 10.2 Å². The first-order valence-electron chi connectivity index (χ1n) is 5.89. The summed E-state index contributed by atoms with van der Waals surface area (Å²) in [5.74, 6) is 0.245. The van der Waals surface area contributed by atoms with Crippen molar-refractivity contribution in [3.63, 3.8) is 0 Å². The molecule has 0 fully saturated rings. The van der Waals surface area contributed by atoms with Crippen molar-refractivity contribution in [2.45, 2.75) is 19.4 Å². The molecule has 1 aromatic carbocycles. The highest BCUT2D eigenvalue weighted by Gasteiger charge is 2.31. The van der Waals surface area contributed by atoms with Crippen LogP contribution in [0.2, 0.25) is 0 Å². The lowest BCUT2D eigenvalue weighted by molar-refractivity contribution is 0.0976. The second-order valence-electron chi connectivity index (χ2n) is 4.56. The number of nitrogens with one attached hydrogen (secondary N) is 1. The minimum Gasteiger partial charge on any atom is -0.382 e. The van der Waals surface area contributed by atoms with E-state index in [0.29, 0.717) is 11.5 Å². The van der Waals surface area contributed by atoms with E-state index in [0.717, 1.165) is 12.1 Å². The minimum atomic E-state index is -0.0864. The molecule has 3 rings (SSSR count). The lowest BCUT2D eigenvalue weighted by Gasteiger charge is -2.21. The predicted molar refractivity (Wildman–Crippen MR) is 69.4 cm³/mol. The number of fused-ring (bicyclic) bond motifs is 1. The van der Waals surface area contributed by atoms with Gasteiger partial charge in [0.25, 0.3) is 5.91 Å². The van der Waals surface area contributed by atoms with Gasteiger partial charge >= 0.3 is 0 Å². The molecule has 0 saturated heterocycles. The Morgan fingerprint density at radius 3 is 3.00 bits per heavy atom. The summed E-state index contributed by atoms with van der Waals surface area (Å²) in [4.78, 5) is 14.2. The molecule has 1 atom stereocenters. The van der Waals surface area contributed by atoms with Crippen LogP contribution in [0.5, 0.6) is 0 Å². The monoisotopic (exact) mass is 242 g/mol. The van der Waals surface area contributed by atoms with Crippen LogP contribution >= 0.6 is 0 Å². The Bertz CT molecular complexity index is 605. The van der Waals surface area contributed by atoms with Crippen molar-refractivity contribution in [1.29, 1.82) is 0 Å². The smallest absolute Gasteiger partial charge is 0.276 e. The average molecular weight is 242 g/mol. The molecule has 18 heavy (non-hydrogen) atoms. The Morgan fingerprint density at radius 2 is 2.28 bits per heavy atom. The SMILES string of the molecule is CC1Cc2ccccc2N1C(=O)c1cc(N)n[nH]1. The minimum absolute atomic E-state index is 0.0864. The number of nitrogens with two attached hydrogens (primary N) is 1. The average Bonchev–Trinajstić information content (AvgIpc) is 2.91. The van der Waals surface area contributed by atoms with Crippen LogP contribution in [-0.4, -0.2) is 22.1 Å². The van der Waals surface area contributed by atoms with Crippen LogP contribution < -0.4 is 10.6 Å². The lowest BCUT2D eigenvalue weighted by Crippen LogP contribution is -2.35. The molecule has 1 aromatic heterocycles. The Balaban J connectivity index is 2.00. The highest BCUT2D eigenvalue weighted by atomic mass is 16.2. The zero-order chi connectivity index (χ0) is 12.7. The van der Waals surface area contributed by atoms with Gasteiger partial charge in [0, 0.05) is 17.8 Å². The van der Waals surface area contributed by atoms with Crippen LogP contribution in [0.3, 0.4) is 0 Å². The van der Waals surface area contributed by atoms with Crippen LogP contribution in [0.25, 0.3) is 0 Å². The Morgan fingerprint density at radius 1 is 1.50 bits per heavy atom. The number of aromatic nitrogens is 2. The van der Waals surface area contributed by atoms with E-state index in [2.05, 4.69) is 16.3 Å². The van der Waals surface area contributed by atoms with E-state index in [-0.39, 0.29) is 11.9 Å². The maximum Gasteiger partial charge on any atom is 0.276 e. The molecule has 92 valence electrons. The summed E-state index contributed by atoms with van der Waals surface area (Å²) in [5, 5.41) is 6.46. The Labute approximate surface area is 105 Å². The number of aromatic amines is 1. The molecule has 0 radical (unpaired) electrons. The highest BCUT2D eigenvalue weighted by molar-refractivity contribution is 6.06. The molecule has 0 saturated carbocycles. The molecule has 2 aromatic rings. The molecule has 0 spiro atoms. The van der Waals surface area contributed by atoms with Gasteiger partial charge in [-0.2, -0.15) is 5.10 Å². The molecule has 1 aliphatic rings. The Kier molecular flexibility index (Phi) is 2.33. The van der Waals surface area contributed by atoms with Gasteiger partial charge < -0.3 is 10.6 Å². The number of para-hydroxylation sites is 1. The van der Waals surface area contributed by atoms with E-state index in [1.807, 2.05) is 25.1 Å². The highest BCUT2D eigenvalue weighted by Crippen LogP contribution is 2.32. The molecule has 1 aliphatic heterocycles. The second kappa shape index (κ2) is 3.87. The van der Waals surface area contributed by atoms with Crippen molar-refractivity contribution >= 4 is 17.4 Å².